The zero-order valence-corrected chi connectivity index (χ0v) is 16.7. The number of carbonyl (C=O) groups is 1. The van der Waals surface area contributed by atoms with E-state index < -0.39 is 5.97 Å². The number of halogens is 1. The minimum Gasteiger partial charge on any atom is -0.478 e. The van der Waals surface area contributed by atoms with Gasteiger partial charge in [-0.3, -0.25) is 4.98 Å². The molecule has 3 aromatic rings. The molecule has 0 amide bonds. The minimum atomic E-state index is -0.978. The van der Waals surface area contributed by atoms with E-state index in [-0.39, 0.29) is 23.0 Å². The molecule has 2 N–H and O–H groups in total. The van der Waals surface area contributed by atoms with Gasteiger partial charge in [0.1, 0.15) is 5.75 Å². The molecule has 0 saturated heterocycles. The molecule has 154 valence electrons. The van der Waals surface area contributed by atoms with Crippen molar-refractivity contribution in [3.63, 3.8) is 0 Å². The van der Waals surface area contributed by atoms with E-state index in [1.54, 1.807) is 12.3 Å². The lowest BCUT2D eigenvalue weighted by Crippen LogP contribution is -2.19. The number of hydrogen-bond acceptors (Lipinski definition) is 4. The van der Waals surface area contributed by atoms with Gasteiger partial charge in [-0.1, -0.05) is 12.1 Å². The van der Waals surface area contributed by atoms with Gasteiger partial charge in [-0.2, -0.15) is 0 Å². The van der Waals surface area contributed by atoms with Gasteiger partial charge in [0.15, 0.2) is 11.6 Å². The number of nitrogens with zero attached hydrogens (tertiary/aromatic N) is 1. The van der Waals surface area contributed by atoms with Crippen molar-refractivity contribution in [1.29, 1.82) is 0 Å². The molecule has 0 radical (unpaired) electrons. The highest BCUT2D eigenvalue weighted by atomic mass is 19.1. The normalized spacial score (nSPS) is 15.3. The molecule has 5 nitrogen and oxygen atoms in total. The fraction of sp³-hybridized carbons (Fsp3) is 0.250. The Labute approximate surface area is 174 Å². The van der Waals surface area contributed by atoms with Crippen LogP contribution in [0.5, 0.6) is 11.5 Å². The quantitative estimate of drug-likeness (QED) is 0.561. The van der Waals surface area contributed by atoms with Crippen LogP contribution < -0.4 is 10.1 Å². The van der Waals surface area contributed by atoms with Crippen LogP contribution in [0.15, 0.2) is 54.9 Å². The number of nitrogens with one attached hydrogen (secondary N) is 1. The van der Waals surface area contributed by atoms with Crippen molar-refractivity contribution >= 4 is 11.7 Å². The van der Waals surface area contributed by atoms with Crippen molar-refractivity contribution in [3.8, 4) is 11.5 Å². The first-order valence-electron chi connectivity index (χ1n) is 9.99. The first-order valence-corrected chi connectivity index (χ1v) is 9.99. The van der Waals surface area contributed by atoms with E-state index in [0.717, 1.165) is 24.8 Å². The van der Waals surface area contributed by atoms with Gasteiger partial charge in [0, 0.05) is 18.7 Å². The van der Waals surface area contributed by atoms with Crippen LogP contribution in [0.3, 0.4) is 0 Å². The van der Waals surface area contributed by atoms with Crippen LogP contribution in [0.25, 0.3) is 0 Å². The van der Waals surface area contributed by atoms with Crippen LogP contribution in [-0.4, -0.2) is 22.6 Å². The molecule has 0 saturated carbocycles. The topological polar surface area (TPSA) is 71.5 Å². The Hall–Kier alpha value is -3.41. The zero-order valence-electron chi connectivity index (χ0n) is 16.7. The Bertz CT molecular complexity index is 1080. The summed E-state index contributed by atoms with van der Waals surface area (Å²) in [7, 11) is 0. The van der Waals surface area contributed by atoms with Crippen molar-refractivity contribution in [2.75, 3.05) is 11.9 Å². The molecule has 1 atom stereocenters. The van der Waals surface area contributed by atoms with E-state index >= 15 is 0 Å². The number of aryl methyl sites for hydroxylation is 2. The van der Waals surface area contributed by atoms with Crippen LogP contribution in [0, 0.1) is 12.7 Å². The summed E-state index contributed by atoms with van der Waals surface area (Å²) in [6, 6.07) is 12.3. The Morgan fingerprint density at radius 1 is 1.27 bits per heavy atom. The molecule has 0 fully saturated rings. The molecule has 30 heavy (non-hydrogen) atoms. The molecule has 1 aliphatic rings. The van der Waals surface area contributed by atoms with Gasteiger partial charge in [-0.25, -0.2) is 9.18 Å². The largest absolute Gasteiger partial charge is 0.478 e. The van der Waals surface area contributed by atoms with E-state index in [2.05, 4.69) is 10.3 Å². The summed E-state index contributed by atoms with van der Waals surface area (Å²) in [5.41, 5.74) is 3.98. The Balaban J connectivity index is 1.50. The summed E-state index contributed by atoms with van der Waals surface area (Å²) in [4.78, 5) is 15.4. The maximum absolute atomic E-state index is 14.1. The second kappa shape index (κ2) is 8.53. The highest BCUT2D eigenvalue weighted by Crippen LogP contribution is 2.35. The van der Waals surface area contributed by atoms with Gasteiger partial charge in [0.25, 0.3) is 0 Å². The molecular weight excluding hydrogens is 383 g/mol. The second-order valence-corrected chi connectivity index (χ2v) is 7.59. The van der Waals surface area contributed by atoms with Crippen LogP contribution in [0.2, 0.25) is 0 Å². The number of ether oxygens (including phenoxy) is 1. The second-order valence-electron chi connectivity index (χ2n) is 7.59. The molecule has 0 unspecified atom stereocenters. The maximum Gasteiger partial charge on any atom is 0.337 e. The van der Waals surface area contributed by atoms with Gasteiger partial charge in [-0.05, 0) is 73.2 Å². The van der Waals surface area contributed by atoms with E-state index in [1.807, 2.05) is 31.2 Å². The first kappa shape index (κ1) is 19.9. The van der Waals surface area contributed by atoms with Crippen molar-refractivity contribution in [3.05, 3.63) is 82.9 Å². The summed E-state index contributed by atoms with van der Waals surface area (Å²) in [5, 5.41) is 12.6. The number of anilines is 1. The van der Waals surface area contributed by atoms with Gasteiger partial charge in [0.2, 0.25) is 0 Å². The number of aromatic nitrogens is 1. The zero-order chi connectivity index (χ0) is 21.1. The Kier molecular flexibility index (Phi) is 5.65. The summed E-state index contributed by atoms with van der Waals surface area (Å²) < 4.78 is 19.9. The number of fused-ring (bicyclic) bond motifs is 1. The van der Waals surface area contributed by atoms with Crippen molar-refractivity contribution in [1.82, 2.24) is 4.98 Å². The number of aromatic carboxylic acids is 1. The van der Waals surface area contributed by atoms with Gasteiger partial charge >= 0.3 is 5.97 Å². The number of hydrogen-bond donors (Lipinski definition) is 2. The number of pyridine rings is 1. The van der Waals surface area contributed by atoms with Crippen molar-refractivity contribution in [2.24, 2.45) is 0 Å². The van der Waals surface area contributed by atoms with Crippen molar-refractivity contribution in [2.45, 2.75) is 32.1 Å². The third-order valence-corrected chi connectivity index (χ3v) is 5.46. The standard InChI is InChI=1S/C24H23FN2O3/c1-15-5-8-23(21(25)11-15)30-18-6-7-19-16(12-18)3-2-4-17(19)13-27-22-14-26-10-9-20(22)24(28)29/h5-12,14,17,27H,2-4,13H2,1H3,(H,28,29)/t17-/m0/s1. The van der Waals surface area contributed by atoms with Crippen LogP contribution in [0.4, 0.5) is 10.1 Å². The number of carboxylic acid groups (broad SMARTS) is 1. The van der Waals surface area contributed by atoms with Crippen LogP contribution >= 0.6 is 0 Å². The number of benzene rings is 2. The molecule has 0 aliphatic heterocycles. The molecular formula is C24H23FN2O3. The minimum absolute atomic E-state index is 0.213. The highest BCUT2D eigenvalue weighted by molar-refractivity contribution is 5.93. The fourth-order valence-corrected chi connectivity index (χ4v) is 3.94. The van der Waals surface area contributed by atoms with Crippen molar-refractivity contribution < 1.29 is 19.0 Å². The average molecular weight is 406 g/mol. The Morgan fingerprint density at radius 3 is 2.93 bits per heavy atom. The lowest BCUT2D eigenvalue weighted by atomic mass is 9.82. The van der Waals surface area contributed by atoms with Gasteiger partial charge in [-0.15, -0.1) is 0 Å². The molecule has 1 aromatic heterocycles. The van der Waals surface area contributed by atoms with Crippen LogP contribution in [-0.2, 0) is 6.42 Å². The molecule has 2 aromatic carbocycles. The molecule has 1 heterocycles. The van der Waals surface area contributed by atoms with Crippen LogP contribution in [0.1, 0.15) is 45.8 Å². The SMILES string of the molecule is Cc1ccc(Oc2ccc3c(c2)CCC[C@H]3CNc2cnccc2C(=O)O)c(F)c1. The predicted molar refractivity (Wildman–Crippen MR) is 113 cm³/mol. The highest BCUT2D eigenvalue weighted by Gasteiger charge is 2.22. The fourth-order valence-electron chi connectivity index (χ4n) is 3.94. The Morgan fingerprint density at radius 2 is 2.13 bits per heavy atom. The summed E-state index contributed by atoms with van der Waals surface area (Å²) >= 11 is 0. The van der Waals surface area contributed by atoms with E-state index in [9.17, 15) is 14.3 Å². The predicted octanol–water partition coefficient (Wildman–Crippen LogP) is 5.55. The lowest BCUT2D eigenvalue weighted by Gasteiger charge is -2.27. The maximum atomic E-state index is 14.1. The van der Waals surface area contributed by atoms with Gasteiger partial charge in [0.05, 0.1) is 17.4 Å². The smallest absolute Gasteiger partial charge is 0.337 e. The summed E-state index contributed by atoms with van der Waals surface area (Å²) in [6.45, 7) is 2.45. The average Bonchev–Trinajstić information content (AvgIpc) is 2.74. The lowest BCUT2D eigenvalue weighted by molar-refractivity contribution is 0.0697. The first-order chi connectivity index (χ1) is 14.5. The molecule has 0 bridgehead atoms. The third kappa shape index (κ3) is 4.27. The third-order valence-electron chi connectivity index (χ3n) is 5.46. The monoisotopic (exact) mass is 406 g/mol. The summed E-state index contributed by atoms with van der Waals surface area (Å²) in [5.74, 6) is -0.270. The summed E-state index contributed by atoms with van der Waals surface area (Å²) in [6.07, 6.45) is 5.99. The van der Waals surface area contributed by atoms with E-state index in [1.165, 1.54) is 29.5 Å². The van der Waals surface area contributed by atoms with Gasteiger partial charge < -0.3 is 15.2 Å². The molecule has 6 heteroatoms. The van der Waals surface area contributed by atoms with E-state index in [4.69, 9.17) is 4.74 Å². The van der Waals surface area contributed by atoms with E-state index in [0.29, 0.717) is 18.0 Å². The number of rotatable bonds is 6. The molecule has 0 spiro atoms. The number of carboxylic acids is 1. The molecule has 4 rings (SSSR count). The molecule has 1 aliphatic carbocycles.